The summed E-state index contributed by atoms with van der Waals surface area (Å²) in [5, 5.41) is 0. The molecule has 0 aliphatic heterocycles. The van der Waals surface area contributed by atoms with Gasteiger partial charge in [-0.2, -0.15) is 13.2 Å². The maximum atomic E-state index is 11.8. The van der Waals surface area contributed by atoms with E-state index in [1.807, 2.05) is 0 Å². The zero-order chi connectivity index (χ0) is 13.6. The summed E-state index contributed by atoms with van der Waals surface area (Å²) in [6.07, 6.45) is -5.27. The fourth-order valence-corrected chi connectivity index (χ4v) is 1.19. The molecular formula is C11H10F4O3. The van der Waals surface area contributed by atoms with E-state index in [-0.39, 0.29) is 18.6 Å². The normalized spacial score (nSPS) is 11.1. The highest BCUT2D eigenvalue weighted by Crippen LogP contribution is 2.21. The molecule has 0 aliphatic rings. The molecule has 1 aromatic carbocycles. The molecule has 0 N–H and O–H groups in total. The summed E-state index contributed by atoms with van der Waals surface area (Å²) in [5.74, 6) is -0.841. The summed E-state index contributed by atoms with van der Waals surface area (Å²) in [7, 11) is 0. The third-order valence-corrected chi connectivity index (χ3v) is 2.03. The molecule has 0 spiro atoms. The van der Waals surface area contributed by atoms with Crippen molar-refractivity contribution in [2.45, 2.75) is 19.0 Å². The third kappa shape index (κ3) is 5.03. The molecule has 0 radical (unpaired) electrons. The SMILES string of the molecule is O=C(OF)c1ccc(OCCCC(F)(F)F)cc1. The van der Waals surface area contributed by atoms with Crippen LogP contribution in [0.15, 0.2) is 24.3 Å². The number of ether oxygens (including phenoxy) is 1. The third-order valence-electron chi connectivity index (χ3n) is 2.03. The van der Waals surface area contributed by atoms with Gasteiger partial charge in [0.25, 0.3) is 0 Å². The van der Waals surface area contributed by atoms with Crippen LogP contribution in [-0.2, 0) is 4.94 Å². The Balaban J connectivity index is 2.38. The first-order valence-electron chi connectivity index (χ1n) is 5.05. The second kappa shape index (κ2) is 6.23. The summed E-state index contributed by atoms with van der Waals surface area (Å²) in [5.41, 5.74) is -0.0138. The van der Waals surface area contributed by atoms with Gasteiger partial charge in [-0.25, -0.2) is 9.74 Å². The molecule has 0 heterocycles. The minimum absolute atomic E-state index is 0.0138. The van der Waals surface area contributed by atoms with Crippen LogP contribution in [0.2, 0.25) is 0 Å². The first kappa shape index (κ1) is 14.3. The Morgan fingerprint density at radius 2 is 1.78 bits per heavy atom. The van der Waals surface area contributed by atoms with E-state index in [1.165, 1.54) is 24.3 Å². The van der Waals surface area contributed by atoms with Crippen LogP contribution >= 0.6 is 0 Å². The summed E-state index contributed by atoms with van der Waals surface area (Å²) >= 11 is 0. The predicted molar refractivity (Wildman–Crippen MR) is 53.7 cm³/mol. The second-order valence-corrected chi connectivity index (χ2v) is 3.46. The van der Waals surface area contributed by atoms with Gasteiger partial charge in [-0.05, 0) is 30.7 Å². The van der Waals surface area contributed by atoms with E-state index in [9.17, 15) is 22.5 Å². The van der Waals surface area contributed by atoms with Gasteiger partial charge >= 0.3 is 12.1 Å². The second-order valence-electron chi connectivity index (χ2n) is 3.46. The maximum absolute atomic E-state index is 11.8. The van der Waals surface area contributed by atoms with Crippen molar-refractivity contribution in [3.8, 4) is 5.75 Å². The summed E-state index contributed by atoms with van der Waals surface area (Å²) < 4.78 is 52.0. The molecule has 0 bridgehead atoms. The lowest BCUT2D eigenvalue weighted by Crippen LogP contribution is -2.09. The average molecular weight is 266 g/mol. The Morgan fingerprint density at radius 1 is 1.17 bits per heavy atom. The highest BCUT2D eigenvalue weighted by Gasteiger charge is 2.26. The molecule has 0 aromatic heterocycles. The zero-order valence-electron chi connectivity index (χ0n) is 9.17. The van der Waals surface area contributed by atoms with Crippen LogP contribution in [0.25, 0.3) is 0 Å². The Morgan fingerprint density at radius 3 is 2.28 bits per heavy atom. The number of rotatable bonds is 5. The summed E-state index contributed by atoms with van der Waals surface area (Å²) in [6, 6.07) is 5.20. The van der Waals surface area contributed by atoms with Crippen LogP contribution < -0.4 is 4.74 Å². The fraction of sp³-hybridized carbons (Fsp3) is 0.364. The van der Waals surface area contributed by atoms with Crippen LogP contribution in [0.1, 0.15) is 23.2 Å². The van der Waals surface area contributed by atoms with Crippen LogP contribution in [0.3, 0.4) is 0 Å². The first-order valence-corrected chi connectivity index (χ1v) is 5.05. The van der Waals surface area contributed by atoms with Crippen molar-refractivity contribution in [2.24, 2.45) is 0 Å². The van der Waals surface area contributed by atoms with E-state index in [0.717, 1.165) is 0 Å². The van der Waals surface area contributed by atoms with Crippen molar-refractivity contribution in [2.75, 3.05) is 6.61 Å². The number of halogens is 4. The van der Waals surface area contributed by atoms with Crippen molar-refractivity contribution in [1.29, 1.82) is 0 Å². The number of carbonyl (C=O) groups is 1. The molecule has 0 saturated heterocycles. The van der Waals surface area contributed by atoms with Crippen molar-refractivity contribution in [3.05, 3.63) is 29.8 Å². The van der Waals surface area contributed by atoms with Gasteiger partial charge in [0.05, 0.1) is 12.2 Å². The van der Waals surface area contributed by atoms with E-state index in [1.54, 1.807) is 0 Å². The van der Waals surface area contributed by atoms with E-state index in [0.29, 0.717) is 5.75 Å². The molecule has 3 nitrogen and oxygen atoms in total. The number of carbonyl (C=O) groups excluding carboxylic acids is 1. The fourth-order valence-electron chi connectivity index (χ4n) is 1.19. The highest BCUT2D eigenvalue weighted by atomic mass is 19.4. The molecule has 0 amide bonds. The average Bonchev–Trinajstić information content (AvgIpc) is 2.33. The molecule has 0 saturated carbocycles. The highest BCUT2D eigenvalue weighted by molar-refractivity contribution is 5.88. The molecule has 0 aliphatic carbocycles. The van der Waals surface area contributed by atoms with Gasteiger partial charge in [-0.15, -0.1) is 0 Å². The Labute approximate surface area is 100 Å². The molecule has 1 aromatic rings. The lowest BCUT2D eigenvalue weighted by Gasteiger charge is -2.08. The van der Waals surface area contributed by atoms with E-state index in [4.69, 9.17) is 4.74 Å². The van der Waals surface area contributed by atoms with Crippen molar-refractivity contribution >= 4 is 5.97 Å². The van der Waals surface area contributed by atoms with Gasteiger partial charge in [0, 0.05) is 10.9 Å². The molecule has 100 valence electrons. The Kier molecular flexibility index (Phi) is 4.94. The topological polar surface area (TPSA) is 35.5 Å². The largest absolute Gasteiger partial charge is 0.494 e. The number of alkyl halides is 3. The quantitative estimate of drug-likeness (QED) is 0.605. The maximum Gasteiger partial charge on any atom is 0.389 e. The predicted octanol–water partition coefficient (Wildman–Crippen LogP) is 3.45. The molecule has 0 fully saturated rings. The monoisotopic (exact) mass is 266 g/mol. The summed E-state index contributed by atoms with van der Waals surface area (Å²) in [6.45, 7) is -0.0909. The molecule has 7 heteroatoms. The van der Waals surface area contributed by atoms with Crippen molar-refractivity contribution in [3.63, 3.8) is 0 Å². The van der Waals surface area contributed by atoms with Gasteiger partial charge in [-0.1, -0.05) is 0 Å². The number of hydrogen-bond donors (Lipinski definition) is 0. The van der Waals surface area contributed by atoms with Crippen LogP contribution in [0.4, 0.5) is 17.7 Å². The van der Waals surface area contributed by atoms with Crippen LogP contribution in [0.5, 0.6) is 5.75 Å². The number of hydrogen-bond acceptors (Lipinski definition) is 3. The van der Waals surface area contributed by atoms with Gasteiger partial charge in [0.15, 0.2) is 0 Å². The Bertz CT molecular complexity index is 386. The first-order chi connectivity index (χ1) is 8.42. The van der Waals surface area contributed by atoms with E-state index < -0.39 is 18.6 Å². The van der Waals surface area contributed by atoms with Crippen molar-refractivity contribution < 1.29 is 32.2 Å². The standard InChI is InChI=1S/C11H10F4O3/c12-11(13,14)6-1-7-17-9-4-2-8(3-5-9)10(16)18-15/h2-5H,1,6-7H2. The minimum atomic E-state index is -4.20. The lowest BCUT2D eigenvalue weighted by molar-refractivity contribution is -0.136. The molecule has 0 unspecified atom stereocenters. The lowest BCUT2D eigenvalue weighted by atomic mass is 10.2. The smallest absolute Gasteiger partial charge is 0.389 e. The van der Waals surface area contributed by atoms with Crippen molar-refractivity contribution in [1.82, 2.24) is 0 Å². The minimum Gasteiger partial charge on any atom is -0.494 e. The van der Waals surface area contributed by atoms with E-state index >= 15 is 0 Å². The molecule has 18 heavy (non-hydrogen) atoms. The molecular weight excluding hydrogens is 256 g/mol. The van der Waals surface area contributed by atoms with Crippen LogP contribution in [0, 0.1) is 0 Å². The molecule has 1 rings (SSSR count). The van der Waals surface area contributed by atoms with Gasteiger partial charge < -0.3 is 4.74 Å². The summed E-state index contributed by atoms with van der Waals surface area (Å²) in [4.78, 5) is 13.7. The van der Waals surface area contributed by atoms with Gasteiger partial charge in [0.2, 0.25) is 0 Å². The van der Waals surface area contributed by atoms with Gasteiger partial charge in [-0.3, -0.25) is 0 Å². The zero-order valence-corrected chi connectivity index (χ0v) is 9.17. The number of benzene rings is 1. The van der Waals surface area contributed by atoms with Crippen LogP contribution in [-0.4, -0.2) is 18.8 Å². The molecule has 0 atom stereocenters. The Hall–Kier alpha value is -1.79. The van der Waals surface area contributed by atoms with E-state index in [2.05, 4.69) is 4.94 Å². The van der Waals surface area contributed by atoms with Gasteiger partial charge in [0.1, 0.15) is 5.75 Å².